The first-order valence-corrected chi connectivity index (χ1v) is 20.3. The molecule has 0 spiro atoms. The molecule has 239 valence electrons. The summed E-state index contributed by atoms with van der Waals surface area (Å²) in [6.07, 6.45) is 20.7. The van der Waals surface area contributed by atoms with Crippen molar-refractivity contribution in [1.82, 2.24) is 0 Å². The Bertz CT molecular complexity index is 565. The van der Waals surface area contributed by atoms with Crippen molar-refractivity contribution in [3.63, 3.8) is 0 Å². The van der Waals surface area contributed by atoms with Gasteiger partial charge in [-0.05, 0) is 48.3 Å². The predicted molar refractivity (Wildman–Crippen MR) is 168 cm³/mol. The standard InChI is InChI=1S/2C16H35O2P.Co/c2*1-5-8-10-11-12-15(4)19(17,18)14-16(7-3)13-9-6-2;/h2*15-16H,5-14H2,1-4H3,(H,17,18);/q;;+2/p-2. The first-order valence-electron chi connectivity index (χ1n) is 16.5. The summed E-state index contributed by atoms with van der Waals surface area (Å²) in [6.45, 7) is 16.7. The summed E-state index contributed by atoms with van der Waals surface area (Å²) in [5, 5.41) is 0. The molecule has 0 heterocycles. The van der Waals surface area contributed by atoms with Crippen molar-refractivity contribution >= 4 is 14.7 Å². The summed E-state index contributed by atoms with van der Waals surface area (Å²) in [7, 11) is -6.39. The molecule has 0 bridgehead atoms. The third-order valence-corrected chi connectivity index (χ3v) is 13.7. The second-order valence-electron chi connectivity index (χ2n) is 12.0. The molecule has 0 aromatic heterocycles. The van der Waals surface area contributed by atoms with Gasteiger partial charge in [0.1, 0.15) is 0 Å². The minimum absolute atomic E-state index is 0. The van der Waals surface area contributed by atoms with E-state index in [2.05, 4.69) is 41.5 Å². The van der Waals surface area contributed by atoms with Crippen molar-refractivity contribution < 1.29 is 35.7 Å². The van der Waals surface area contributed by atoms with Crippen molar-refractivity contribution in [2.75, 3.05) is 12.3 Å². The largest absolute Gasteiger partial charge is 2.00 e. The third-order valence-electron chi connectivity index (χ3n) is 8.41. The van der Waals surface area contributed by atoms with Crippen LogP contribution in [0.4, 0.5) is 0 Å². The first-order chi connectivity index (χ1) is 17.9. The van der Waals surface area contributed by atoms with Crippen LogP contribution in [-0.4, -0.2) is 23.6 Å². The van der Waals surface area contributed by atoms with Crippen molar-refractivity contribution in [2.45, 2.75) is 182 Å². The maximum absolute atomic E-state index is 12.4. The minimum atomic E-state index is -3.20. The molecule has 0 aliphatic carbocycles. The zero-order chi connectivity index (χ0) is 29.5. The molecular formula is C32H68CoO4P2. The zero-order valence-electron chi connectivity index (χ0n) is 27.3. The molecule has 0 N–H and O–H groups in total. The Morgan fingerprint density at radius 2 is 0.795 bits per heavy atom. The molecule has 0 saturated heterocycles. The molecule has 0 saturated carbocycles. The molecule has 0 aromatic carbocycles. The molecular weight excluding hydrogens is 569 g/mol. The van der Waals surface area contributed by atoms with Crippen LogP contribution in [0.2, 0.25) is 0 Å². The fourth-order valence-electron chi connectivity index (χ4n) is 5.04. The average molecular weight is 638 g/mol. The Kier molecular flexibility index (Phi) is 31.5. The van der Waals surface area contributed by atoms with Crippen LogP contribution in [0.3, 0.4) is 0 Å². The van der Waals surface area contributed by atoms with Gasteiger partial charge in [-0.1, -0.05) is 158 Å². The van der Waals surface area contributed by atoms with Crippen LogP contribution in [0.5, 0.6) is 0 Å². The maximum Gasteiger partial charge on any atom is 2.00 e. The molecule has 4 nitrogen and oxygen atoms in total. The normalized spacial score (nSPS) is 17.5. The summed E-state index contributed by atoms with van der Waals surface area (Å²) in [6, 6.07) is 0. The van der Waals surface area contributed by atoms with Gasteiger partial charge < -0.3 is 18.9 Å². The monoisotopic (exact) mass is 637 g/mol. The number of rotatable bonds is 24. The number of unbranched alkanes of at least 4 members (excludes halogenated alkanes) is 8. The first kappa shape index (κ1) is 44.3. The van der Waals surface area contributed by atoms with E-state index in [1.807, 2.05) is 13.8 Å². The predicted octanol–water partition coefficient (Wildman–Crippen LogP) is 10.4. The van der Waals surface area contributed by atoms with Gasteiger partial charge in [-0.2, -0.15) is 0 Å². The SMILES string of the molecule is CCCCCCC(C)P(=O)([O-])CC(CC)CCCC.CCCCCCC(C)P(=O)([O-])CC(CC)CCCC.[Co+2]. The number of hydrogen-bond donors (Lipinski definition) is 0. The van der Waals surface area contributed by atoms with Crippen LogP contribution in [-0.2, 0) is 25.9 Å². The van der Waals surface area contributed by atoms with Gasteiger partial charge in [0.2, 0.25) is 0 Å². The molecule has 0 aliphatic heterocycles. The summed E-state index contributed by atoms with van der Waals surface area (Å²) in [4.78, 5) is 24.7. The van der Waals surface area contributed by atoms with E-state index in [9.17, 15) is 18.9 Å². The van der Waals surface area contributed by atoms with Gasteiger partial charge in [0.15, 0.2) is 0 Å². The molecule has 0 rings (SSSR count). The van der Waals surface area contributed by atoms with E-state index < -0.39 is 14.7 Å². The van der Waals surface area contributed by atoms with E-state index in [0.29, 0.717) is 24.2 Å². The van der Waals surface area contributed by atoms with E-state index in [1.165, 1.54) is 38.5 Å². The quantitative estimate of drug-likeness (QED) is 0.0779. The molecule has 6 unspecified atom stereocenters. The molecule has 0 amide bonds. The topological polar surface area (TPSA) is 80.3 Å². The maximum atomic E-state index is 12.4. The van der Waals surface area contributed by atoms with Crippen molar-refractivity contribution in [2.24, 2.45) is 11.8 Å². The summed E-state index contributed by atoms with van der Waals surface area (Å²) >= 11 is 0. The van der Waals surface area contributed by atoms with E-state index in [4.69, 9.17) is 0 Å². The number of hydrogen-bond acceptors (Lipinski definition) is 4. The van der Waals surface area contributed by atoms with Crippen molar-refractivity contribution in [1.29, 1.82) is 0 Å². The second kappa shape index (κ2) is 27.7. The van der Waals surface area contributed by atoms with Crippen LogP contribution >= 0.6 is 14.7 Å². The summed E-state index contributed by atoms with van der Waals surface area (Å²) in [5.74, 6) is 0.753. The Hall–Kier alpha value is 0.886. The molecule has 0 aromatic rings. The molecule has 6 atom stereocenters. The second-order valence-corrected chi connectivity index (χ2v) is 17.4. The van der Waals surface area contributed by atoms with Gasteiger partial charge >= 0.3 is 16.8 Å². The van der Waals surface area contributed by atoms with E-state index >= 15 is 0 Å². The van der Waals surface area contributed by atoms with E-state index in [0.717, 1.165) is 77.0 Å². The van der Waals surface area contributed by atoms with Gasteiger partial charge in [0.25, 0.3) is 0 Å². The molecule has 1 radical (unpaired) electrons. The van der Waals surface area contributed by atoms with Gasteiger partial charge in [-0.25, -0.2) is 0 Å². The van der Waals surface area contributed by atoms with Crippen LogP contribution in [0.1, 0.15) is 171 Å². The zero-order valence-corrected chi connectivity index (χ0v) is 30.1. The van der Waals surface area contributed by atoms with Crippen molar-refractivity contribution in [3.05, 3.63) is 0 Å². The Balaban J connectivity index is -0.000000648. The van der Waals surface area contributed by atoms with Gasteiger partial charge in [-0.3, -0.25) is 0 Å². The molecule has 0 fully saturated rings. The Morgan fingerprint density at radius 1 is 0.487 bits per heavy atom. The average Bonchev–Trinajstić information content (AvgIpc) is 2.89. The van der Waals surface area contributed by atoms with E-state index in [1.54, 1.807) is 0 Å². The van der Waals surface area contributed by atoms with Crippen LogP contribution in [0, 0.1) is 11.8 Å². The Labute approximate surface area is 256 Å². The third kappa shape index (κ3) is 24.1. The van der Waals surface area contributed by atoms with Crippen LogP contribution < -0.4 is 9.79 Å². The summed E-state index contributed by atoms with van der Waals surface area (Å²) in [5.41, 5.74) is -0.250. The van der Waals surface area contributed by atoms with Gasteiger partial charge in [-0.15, -0.1) is 0 Å². The Morgan fingerprint density at radius 3 is 1.05 bits per heavy atom. The van der Waals surface area contributed by atoms with Crippen molar-refractivity contribution in [3.8, 4) is 0 Å². The molecule has 39 heavy (non-hydrogen) atoms. The van der Waals surface area contributed by atoms with Crippen LogP contribution in [0.15, 0.2) is 0 Å². The van der Waals surface area contributed by atoms with E-state index in [-0.39, 0.29) is 28.1 Å². The van der Waals surface area contributed by atoms with Gasteiger partial charge in [0, 0.05) is 14.7 Å². The summed E-state index contributed by atoms with van der Waals surface area (Å²) < 4.78 is 24.7. The van der Waals surface area contributed by atoms with Gasteiger partial charge in [0.05, 0.1) is 0 Å². The fraction of sp³-hybridized carbons (Fsp3) is 1.00. The fourth-order valence-corrected chi connectivity index (χ4v) is 9.23. The molecule has 7 heteroatoms. The minimum Gasteiger partial charge on any atom is -0.799 e. The molecule has 0 aliphatic rings. The van der Waals surface area contributed by atoms with Crippen LogP contribution in [0.25, 0.3) is 0 Å². The smallest absolute Gasteiger partial charge is 0.799 e.